The fourth-order valence-corrected chi connectivity index (χ4v) is 2.53. The molecule has 0 aromatic heterocycles. The highest BCUT2D eigenvalue weighted by Gasteiger charge is 2.20. The van der Waals surface area contributed by atoms with Gasteiger partial charge in [0.1, 0.15) is 11.8 Å². The average Bonchev–Trinajstić information content (AvgIpc) is 2.27. The van der Waals surface area contributed by atoms with E-state index in [0.29, 0.717) is 5.56 Å². The van der Waals surface area contributed by atoms with Crippen LogP contribution in [0.2, 0.25) is 0 Å². The molecule has 0 amide bonds. The Hall–Kier alpha value is -1.49. The largest absolute Gasteiger partial charge is 0.506 e. The van der Waals surface area contributed by atoms with Crippen molar-refractivity contribution >= 4 is 0 Å². The van der Waals surface area contributed by atoms with Crippen LogP contribution in [0, 0.1) is 25.2 Å². The fourth-order valence-electron chi connectivity index (χ4n) is 2.53. The quantitative estimate of drug-likeness (QED) is 0.701. The normalized spacial score (nSPS) is 14.5. The van der Waals surface area contributed by atoms with E-state index in [-0.39, 0.29) is 5.75 Å². The van der Waals surface area contributed by atoms with Crippen LogP contribution >= 0.6 is 0 Å². The third-order valence-corrected chi connectivity index (χ3v) is 3.45. The van der Waals surface area contributed by atoms with Gasteiger partial charge in [-0.15, -0.1) is 0 Å². The maximum Gasteiger partial charge on any atom is 0.136 e. The molecule has 15 heavy (non-hydrogen) atoms. The van der Waals surface area contributed by atoms with Gasteiger partial charge in [0.15, 0.2) is 0 Å². The van der Waals surface area contributed by atoms with Crippen molar-refractivity contribution in [2.24, 2.45) is 0 Å². The van der Waals surface area contributed by atoms with Gasteiger partial charge in [0.25, 0.3) is 0 Å². The Bertz CT molecular complexity index is 451. The van der Waals surface area contributed by atoms with Crippen molar-refractivity contribution in [3.8, 4) is 11.8 Å². The lowest BCUT2D eigenvalue weighted by molar-refractivity contribution is 0.466. The van der Waals surface area contributed by atoms with Gasteiger partial charge in [-0.05, 0) is 61.8 Å². The Morgan fingerprint density at radius 1 is 1.07 bits per heavy atom. The zero-order valence-corrected chi connectivity index (χ0v) is 9.22. The SMILES string of the molecule is Cc1c(O)c(C#N)c(C)c2c1CCCC2. The fraction of sp³-hybridized carbons (Fsp3) is 0.462. The second-order valence-electron chi connectivity index (χ2n) is 4.25. The second-order valence-corrected chi connectivity index (χ2v) is 4.25. The molecule has 0 saturated carbocycles. The molecule has 0 bridgehead atoms. The lowest BCUT2D eigenvalue weighted by Gasteiger charge is -2.22. The van der Waals surface area contributed by atoms with Crippen molar-refractivity contribution in [1.29, 1.82) is 5.26 Å². The predicted octanol–water partition coefficient (Wildman–Crippen LogP) is 2.76. The summed E-state index contributed by atoms with van der Waals surface area (Å²) in [4.78, 5) is 0. The van der Waals surface area contributed by atoms with Crippen LogP contribution in [0.3, 0.4) is 0 Å². The van der Waals surface area contributed by atoms with Gasteiger partial charge in [0, 0.05) is 0 Å². The number of hydrogen-bond acceptors (Lipinski definition) is 2. The van der Waals surface area contributed by atoms with Crippen molar-refractivity contribution in [3.63, 3.8) is 0 Å². The number of hydrogen-bond donors (Lipinski definition) is 1. The number of benzene rings is 1. The van der Waals surface area contributed by atoms with Gasteiger partial charge >= 0.3 is 0 Å². The first-order chi connectivity index (χ1) is 7.16. The lowest BCUT2D eigenvalue weighted by atomic mass is 9.83. The molecule has 0 heterocycles. The summed E-state index contributed by atoms with van der Waals surface area (Å²) in [6.07, 6.45) is 4.49. The van der Waals surface area contributed by atoms with Gasteiger partial charge in [-0.25, -0.2) is 0 Å². The zero-order chi connectivity index (χ0) is 11.0. The molecule has 0 unspecified atom stereocenters. The number of nitriles is 1. The number of aromatic hydroxyl groups is 1. The monoisotopic (exact) mass is 201 g/mol. The molecule has 1 aliphatic rings. The first kappa shape index (κ1) is 10.0. The topological polar surface area (TPSA) is 44.0 Å². The zero-order valence-electron chi connectivity index (χ0n) is 9.22. The Balaban J connectivity index is 2.76. The molecule has 2 rings (SSSR count). The third-order valence-electron chi connectivity index (χ3n) is 3.45. The van der Waals surface area contributed by atoms with Crippen molar-refractivity contribution in [2.75, 3.05) is 0 Å². The van der Waals surface area contributed by atoms with Crippen LogP contribution in [0.1, 0.15) is 40.7 Å². The number of phenolic OH excluding ortho intramolecular Hbond substituents is 1. The molecule has 0 aliphatic heterocycles. The van der Waals surface area contributed by atoms with Crippen LogP contribution in [-0.2, 0) is 12.8 Å². The Labute approximate surface area is 90.2 Å². The van der Waals surface area contributed by atoms with Crippen LogP contribution in [0.15, 0.2) is 0 Å². The highest BCUT2D eigenvalue weighted by molar-refractivity contribution is 5.59. The minimum atomic E-state index is 0.190. The highest BCUT2D eigenvalue weighted by atomic mass is 16.3. The summed E-state index contributed by atoms with van der Waals surface area (Å²) in [5, 5.41) is 18.9. The van der Waals surface area contributed by atoms with Crippen LogP contribution < -0.4 is 0 Å². The van der Waals surface area contributed by atoms with Crippen LogP contribution in [0.4, 0.5) is 0 Å². The summed E-state index contributed by atoms with van der Waals surface area (Å²) < 4.78 is 0. The van der Waals surface area contributed by atoms with Gasteiger partial charge in [-0.1, -0.05) is 0 Å². The van der Waals surface area contributed by atoms with E-state index in [9.17, 15) is 5.11 Å². The van der Waals surface area contributed by atoms with Gasteiger partial charge in [-0.3, -0.25) is 0 Å². The maximum absolute atomic E-state index is 9.91. The molecule has 0 spiro atoms. The smallest absolute Gasteiger partial charge is 0.136 e. The summed E-state index contributed by atoms with van der Waals surface area (Å²) in [6.45, 7) is 3.86. The summed E-state index contributed by atoms with van der Waals surface area (Å²) in [5.74, 6) is 0.190. The molecule has 0 radical (unpaired) electrons. The molecule has 1 N–H and O–H groups in total. The Morgan fingerprint density at radius 2 is 1.60 bits per heavy atom. The van der Waals surface area contributed by atoms with E-state index in [1.807, 2.05) is 13.8 Å². The number of nitrogens with zero attached hydrogens (tertiary/aromatic N) is 1. The van der Waals surface area contributed by atoms with Crippen molar-refractivity contribution in [1.82, 2.24) is 0 Å². The summed E-state index contributed by atoms with van der Waals surface area (Å²) in [7, 11) is 0. The van der Waals surface area contributed by atoms with Gasteiger partial charge < -0.3 is 5.11 Å². The highest BCUT2D eigenvalue weighted by Crippen LogP contribution is 2.35. The van der Waals surface area contributed by atoms with Gasteiger partial charge in [0.05, 0.1) is 5.56 Å². The Kier molecular flexibility index (Phi) is 2.40. The standard InChI is InChI=1S/C13H15NO/c1-8-10-5-3-4-6-11(10)9(2)13(15)12(8)7-14/h15H,3-6H2,1-2H3. The van der Waals surface area contributed by atoms with Crippen LogP contribution in [0.25, 0.3) is 0 Å². The van der Waals surface area contributed by atoms with Gasteiger partial charge in [0.2, 0.25) is 0 Å². The van der Waals surface area contributed by atoms with Crippen LogP contribution in [0.5, 0.6) is 5.75 Å². The molecule has 1 aromatic carbocycles. The molecular formula is C13H15NO. The average molecular weight is 201 g/mol. The molecule has 2 nitrogen and oxygen atoms in total. The van der Waals surface area contributed by atoms with Crippen molar-refractivity contribution < 1.29 is 5.11 Å². The Morgan fingerprint density at radius 3 is 2.13 bits per heavy atom. The van der Waals surface area contributed by atoms with Gasteiger partial charge in [-0.2, -0.15) is 5.26 Å². The second kappa shape index (κ2) is 3.58. The van der Waals surface area contributed by atoms with E-state index in [0.717, 1.165) is 24.0 Å². The minimum absolute atomic E-state index is 0.190. The number of fused-ring (bicyclic) bond motifs is 1. The summed E-state index contributed by atoms with van der Waals surface area (Å²) in [6, 6.07) is 2.10. The number of rotatable bonds is 0. The molecule has 0 atom stereocenters. The first-order valence-electron chi connectivity index (χ1n) is 5.40. The van der Waals surface area contributed by atoms with Crippen molar-refractivity contribution in [2.45, 2.75) is 39.5 Å². The van der Waals surface area contributed by atoms with E-state index < -0.39 is 0 Å². The molecule has 2 heteroatoms. The summed E-state index contributed by atoms with van der Waals surface area (Å²) in [5.41, 5.74) is 4.93. The molecular weight excluding hydrogens is 186 g/mol. The lowest BCUT2D eigenvalue weighted by Crippen LogP contribution is -2.09. The van der Waals surface area contributed by atoms with E-state index in [1.165, 1.54) is 24.0 Å². The predicted molar refractivity (Wildman–Crippen MR) is 58.9 cm³/mol. The van der Waals surface area contributed by atoms with E-state index >= 15 is 0 Å². The number of phenols is 1. The van der Waals surface area contributed by atoms with E-state index in [4.69, 9.17) is 5.26 Å². The maximum atomic E-state index is 9.91. The molecule has 1 aromatic rings. The molecule has 78 valence electrons. The van der Waals surface area contributed by atoms with E-state index in [2.05, 4.69) is 6.07 Å². The molecule has 1 aliphatic carbocycles. The molecule has 0 fully saturated rings. The third kappa shape index (κ3) is 1.39. The van der Waals surface area contributed by atoms with Crippen LogP contribution in [-0.4, -0.2) is 5.11 Å². The minimum Gasteiger partial charge on any atom is -0.506 e. The van der Waals surface area contributed by atoms with Crippen molar-refractivity contribution in [3.05, 3.63) is 27.8 Å². The molecule has 0 saturated heterocycles. The summed E-state index contributed by atoms with van der Waals surface area (Å²) >= 11 is 0. The first-order valence-corrected chi connectivity index (χ1v) is 5.40. The van der Waals surface area contributed by atoms with E-state index in [1.54, 1.807) is 0 Å².